The Morgan fingerprint density at radius 3 is 2.90 bits per heavy atom. The number of aromatic amines is 1. The van der Waals surface area contributed by atoms with Gasteiger partial charge in [-0.05, 0) is 37.5 Å². The van der Waals surface area contributed by atoms with Crippen molar-refractivity contribution in [3.63, 3.8) is 0 Å². The molecular weight excluding hydrogens is 254 g/mol. The summed E-state index contributed by atoms with van der Waals surface area (Å²) in [6.45, 7) is 2.68. The highest BCUT2D eigenvalue weighted by Gasteiger charge is 2.15. The lowest BCUT2D eigenvalue weighted by molar-refractivity contribution is 0.195. The summed E-state index contributed by atoms with van der Waals surface area (Å²) in [6, 6.07) is 7.60. The van der Waals surface area contributed by atoms with Gasteiger partial charge in [-0.3, -0.25) is 0 Å². The van der Waals surface area contributed by atoms with E-state index in [1.165, 1.54) is 0 Å². The van der Waals surface area contributed by atoms with Crippen LogP contribution in [0.15, 0.2) is 33.5 Å². The molecule has 4 nitrogen and oxygen atoms in total. The Kier molecular flexibility index (Phi) is 3.32. The Labute approximate surface area is 116 Å². The summed E-state index contributed by atoms with van der Waals surface area (Å²) in [7, 11) is 1.69. The van der Waals surface area contributed by atoms with Gasteiger partial charge < -0.3 is 14.1 Å². The van der Waals surface area contributed by atoms with Gasteiger partial charge in [0.15, 0.2) is 0 Å². The Bertz CT molecular complexity index is 814. The highest BCUT2D eigenvalue weighted by molar-refractivity contribution is 6.03. The van der Waals surface area contributed by atoms with Crippen molar-refractivity contribution in [2.45, 2.75) is 19.8 Å². The molecule has 104 valence electrons. The minimum Gasteiger partial charge on any atom is -0.422 e. The summed E-state index contributed by atoms with van der Waals surface area (Å²) in [6.07, 6.45) is 1.79. The molecule has 0 bridgehead atoms. The SMILES string of the molecule is COCCCc1[nH]c2c(c1C)c(=O)oc1ccccc12. The van der Waals surface area contributed by atoms with Crippen LogP contribution in [0.3, 0.4) is 0 Å². The molecule has 0 fully saturated rings. The van der Waals surface area contributed by atoms with Gasteiger partial charge in [0.1, 0.15) is 5.58 Å². The number of H-pyrrole nitrogens is 1. The first kappa shape index (κ1) is 12.9. The van der Waals surface area contributed by atoms with E-state index in [4.69, 9.17) is 9.15 Å². The van der Waals surface area contributed by atoms with Crippen LogP contribution in [0.1, 0.15) is 17.7 Å². The van der Waals surface area contributed by atoms with Gasteiger partial charge in [-0.25, -0.2) is 4.79 Å². The summed E-state index contributed by atoms with van der Waals surface area (Å²) < 4.78 is 10.5. The molecule has 0 saturated heterocycles. The Morgan fingerprint density at radius 1 is 1.30 bits per heavy atom. The van der Waals surface area contributed by atoms with Crippen molar-refractivity contribution in [1.82, 2.24) is 4.98 Å². The third kappa shape index (κ3) is 2.02. The second-order valence-electron chi connectivity index (χ2n) is 4.96. The quantitative estimate of drug-likeness (QED) is 0.585. The number of hydrogen-bond acceptors (Lipinski definition) is 3. The molecule has 4 heteroatoms. The third-order valence-electron chi connectivity index (χ3n) is 3.69. The fourth-order valence-corrected chi connectivity index (χ4v) is 2.66. The van der Waals surface area contributed by atoms with Crippen LogP contribution >= 0.6 is 0 Å². The predicted octanol–water partition coefficient (Wildman–Crippen LogP) is 3.16. The highest BCUT2D eigenvalue weighted by atomic mass is 16.5. The number of para-hydroxylation sites is 1. The van der Waals surface area contributed by atoms with Gasteiger partial charge in [0, 0.05) is 24.8 Å². The van der Waals surface area contributed by atoms with E-state index < -0.39 is 0 Å². The molecule has 0 aliphatic rings. The van der Waals surface area contributed by atoms with Crippen LogP contribution in [-0.4, -0.2) is 18.7 Å². The molecule has 2 heterocycles. The van der Waals surface area contributed by atoms with Crippen LogP contribution in [0.2, 0.25) is 0 Å². The van der Waals surface area contributed by atoms with Crippen molar-refractivity contribution in [1.29, 1.82) is 0 Å². The number of hydrogen-bond donors (Lipinski definition) is 1. The lowest BCUT2D eigenvalue weighted by atomic mass is 10.1. The first-order valence-corrected chi connectivity index (χ1v) is 6.74. The van der Waals surface area contributed by atoms with Gasteiger partial charge in [-0.1, -0.05) is 12.1 Å². The molecule has 2 aromatic heterocycles. The molecule has 0 saturated carbocycles. The maximum atomic E-state index is 12.1. The standard InChI is InChI=1S/C16H17NO3/c1-10-12(7-5-9-19-2)17-15-11-6-3-4-8-13(11)20-16(18)14(10)15/h3-4,6,8,17H,5,7,9H2,1-2H3. The molecular formula is C16H17NO3. The molecule has 20 heavy (non-hydrogen) atoms. The number of methoxy groups -OCH3 is 1. The Balaban J connectivity index is 2.21. The van der Waals surface area contributed by atoms with Crippen molar-refractivity contribution in [2.75, 3.05) is 13.7 Å². The molecule has 0 aliphatic heterocycles. The van der Waals surface area contributed by atoms with E-state index in [0.717, 1.165) is 35.0 Å². The lowest BCUT2D eigenvalue weighted by Crippen LogP contribution is -1.99. The average molecular weight is 271 g/mol. The lowest BCUT2D eigenvalue weighted by Gasteiger charge is -1.99. The van der Waals surface area contributed by atoms with Crippen molar-refractivity contribution in [3.8, 4) is 0 Å². The van der Waals surface area contributed by atoms with Gasteiger partial charge in [-0.15, -0.1) is 0 Å². The van der Waals surface area contributed by atoms with Crippen LogP contribution < -0.4 is 5.63 Å². The molecule has 0 radical (unpaired) electrons. The number of fused-ring (bicyclic) bond motifs is 3. The fourth-order valence-electron chi connectivity index (χ4n) is 2.66. The van der Waals surface area contributed by atoms with E-state index in [9.17, 15) is 4.79 Å². The van der Waals surface area contributed by atoms with Crippen molar-refractivity contribution >= 4 is 21.9 Å². The monoisotopic (exact) mass is 271 g/mol. The van der Waals surface area contributed by atoms with Crippen LogP contribution in [0.4, 0.5) is 0 Å². The van der Waals surface area contributed by atoms with E-state index in [0.29, 0.717) is 17.6 Å². The molecule has 0 amide bonds. The summed E-state index contributed by atoms with van der Waals surface area (Å²) in [5.41, 5.74) is 3.29. The number of rotatable bonds is 4. The van der Waals surface area contributed by atoms with Gasteiger partial charge in [0.25, 0.3) is 0 Å². The molecule has 0 unspecified atom stereocenters. The van der Waals surface area contributed by atoms with Gasteiger partial charge >= 0.3 is 5.63 Å². The van der Waals surface area contributed by atoms with E-state index >= 15 is 0 Å². The summed E-state index contributed by atoms with van der Waals surface area (Å²) in [5.74, 6) is 0. The smallest absolute Gasteiger partial charge is 0.346 e. The van der Waals surface area contributed by atoms with E-state index in [1.54, 1.807) is 7.11 Å². The zero-order valence-electron chi connectivity index (χ0n) is 11.7. The molecule has 0 atom stereocenters. The minimum atomic E-state index is -0.273. The number of aromatic nitrogens is 1. The predicted molar refractivity (Wildman–Crippen MR) is 79.3 cm³/mol. The van der Waals surface area contributed by atoms with Crippen LogP contribution in [0.5, 0.6) is 0 Å². The van der Waals surface area contributed by atoms with Crippen LogP contribution in [0.25, 0.3) is 21.9 Å². The first-order valence-electron chi connectivity index (χ1n) is 6.74. The van der Waals surface area contributed by atoms with Crippen molar-refractivity contribution in [3.05, 3.63) is 45.9 Å². The van der Waals surface area contributed by atoms with Gasteiger partial charge in [0.05, 0.1) is 10.9 Å². The second-order valence-corrected chi connectivity index (χ2v) is 4.96. The normalized spacial score (nSPS) is 11.5. The third-order valence-corrected chi connectivity index (χ3v) is 3.69. The van der Waals surface area contributed by atoms with Crippen molar-refractivity contribution < 1.29 is 9.15 Å². The molecule has 0 aliphatic carbocycles. The van der Waals surface area contributed by atoms with Crippen LogP contribution in [-0.2, 0) is 11.2 Å². The zero-order chi connectivity index (χ0) is 14.1. The number of nitrogens with one attached hydrogen (secondary N) is 1. The molecule has 3 aromatic rings. The Morgan fingerprint density at radius 2 is 2.10 bits per heavy atom. The largest absolute Gasteiger partial charge is 0.422 e. The Hall–Kier alpha value is -2.07. The van der Waals surface area contributed by atoms with Crippen molar-refractivity contribution in [2.24, 2.45) is 0 Å². The molecule has 1 N–H and O–H groups in total. The average Bonchev–Trinajstić information content (AvgIpc) is 2.78. The van der Waals surface area contributed by atoms with Gasteiger partial charge in [0.2, 0.25) is 0 Å². The zero-order valence-corrected chi connectivity index (χ0v) is 11.7. The minimum absolute atomic E-state index is 0.273. The van der Waals surface area contributed by atoms with E-state index in [2.05, 4.69) is 4.98 Å². The van der Waals surface area contributed by atoms with E-state index in [1.807, 2.05) is 31.2 Å². The van der Waals surface area contributed by atoms with Crippen LogP contribution in [0, 0.1) is 6.92 Å². The summed E-state index contributed by atoms with van der Waals surface area (Å²) >= 11 is 0. The van der Waals surface area contributed by atoms with E-state index in [-0.39, 0.29) is 5.63 Å². The topological polar surface area (TPSA) is 55.2 Å². The number of benzene rings is 1. The maximum Gasteiger partial charge on any atom is 0.346 e. The molecule has 0 spiro atoms. The summed E-state index contributed by atoms with van der Waals surface area (Å²) in [4.78, 5) is 15.5. The second kappa shape index (κ2) is 5.13. The first-order chi connectivity index (χ1) is 9.72. The molecule has 3 rings (SSSR count). The maximum absolute atomic E-state index is 12.1. The summed E-state index contributed by atoms with van der Waals surface area (Å²) in [5, 5.41) is 1.61. The highest BCUT2D eigenvalue weighted by Crippen LogP contribution is 2.26. The number of aryl methyl sites for hydroxylation is 2. The number of ether oxygens (including phenoxy) is 1. The fraction of sp³-hybridized carbons (Fsp3) is 0.312. The molecule has 1 aromatic carbocycles. The van der Waals surface area contributed by atoms with Gasteiger partial charge in [-0.2, -0.15) is 0 Å².